The Morgan fingerprint density at radius 1 is 0.667 bits per heavy atom. The number of thioether (sulfide) groups is 1. The van der Waals surface area contributed by atoms with Crippen LogP contribution in [0.4, 0.5) is 22.7 Å². The van der Waals surface area contributed by atoms with Gasteiger partial charge in [0.25, 0.3) is 0 Å². The van der Waals surface area contributed by atoms with Gasteiger partial charge in [0.1, 0.15) is 0 Å². The van der Waals surface area contributed by atoms with Gasteiger partial charge >= 0.3 is 0 Å². The first kappa shape index (κ1) is 23.1. The second-order valence-electron chi connectivity index (χ2n) is 8.62. The molecule has 4 aromatic rings. The molecule has 7 rings (SSSR count). The van der Waals surface area contributed by atoms with E-state index in [1.165, 1.54) is 59.2 Å². The molecule has 0 amide bonds. The van der Waals surface area contributed by atoms with Gasteiger partial charge in [-0.25, -0.2) is 0 Å². The highest BCUT2D eigenvalue weighted by Crippen LogP contribution is 2.52. The summed E-state index contributed by atoms with van der Waals surface area (Å²) >= 11 is 3.73. The van der Waals surface area contributed by atoms with Gasteiger partial charge in [0.15, 0.2) is 0 Å². The molecule has 4 heteroatoms. The molecule has 2 aliphatic heterocycles. The Bertz CT molecular complexity index is 1490. The van der Waals surface area contributed by atoms with E-state index in [0.29, 0.717) is 0 Å². The van der Waals surface area contributed by atoms with Gasteiger partial charge in [-0.05, 0) is 72.5 Å². The fourth-order valence-corrected chi connectivity index (χ4v) is 6.95. The summed E-state index contributed by atoms with van der Waals surface area (Å²) in [6.45, 7) is 4.00. The summed E-state index contributed by atoms with van der Waals surface area (Å²) < 4.78 is 0. The van der Waals surface area contributed by atoms with Crippen molar-refractivity contribution in [2.24, 2.45) is 0 Å². The Morgan fingerprint density at radius 3 is 2.28 bits per heavy atom. The minimum atomic E-state index is 0. The van der Waals surface area contributed by atoms with E-state index in [1.54, 1.807) is 0 Å². The lowest BCUT2D eigenvalue weighted by Crippen LogP contribution is -2.22. The van der Waals surface area contributed by atoms with E-state index in [9.17, 15) is 0 Å². The lowest BCUT2D eigenvalue weighted by molar-refractivity contribution is 0.982. The van der Waals surface area contributed by atoms with Gasteiger partial charge in [-0.2, -0.15) is 0 Å². The second kappa shape index (κ2) is 9.96. The van der Waals surface area contributed by atoms with Crippen molar-refractivity contribution in [1.29, 1.82) is 0 Å². The topological polar surface area (TPSA) is 15.3 Å². The number of para-hydroxylation sites is 2. The predicted octanol–water partition coefficient (Wildman–Crippen LogP) is 10.6. The average Bonchev–Trinajstić information content (AvgIpc) is 2.95. The Labute approximate surface area is 223 Å². The third kappa shape index (κ3) is 4.15. The number of rotatable bonds is 2. The molecule has 0 saturated carbocycles. The lowest BCUT2D eigenvalue weighted by atomic mass is 10.0. The van der Waals surface area contributed by atoms with Crippen LogP contribution >= 0.6 is 23.5 Å². The fourth-order valence-electron chi connectivity index (χ4n) is 4.82. The quantitative estimate of drug-likeness (QED) is 0.256. The van der Waals surface area contributed by atoms with Crippen molar-refractivity contribution in [3.63, 3.8) is 0 Å². The first-order valence-corrected chi connectivity index (χ1v) is 14.2. The molecule has 2 nitrogen and oxygen atoms in total. The maximum Gasteiger partial charge on any atom is 0.0601 e. The van der Waals surface area contributed by atoms with E-state index in [2.05, 4.69) is 113 Å². The molecule has 0 spiro atoms. The normalized spacial score (nSPS) is 15.0. The molecule has 180 valence electrons. The molecule has 4 aromatic carbocycles. The Hall–Kier alpha value is -3.34. The number of benzene rings is 4. The van der Waals surface area contributed by atoms with Crippen molar-refractivity contribution in [3.05, 3.63) is 114 Å². The molecule has 36 heavy (non-hydrogen) atoms. The number of nitrogens with zero attached hydrogens (tertiary/aromatic N) is 1. The Balaban J connectivity index is 0.000000913. The van der Waals surface area contributed by atoms with E-state index < -0.39 is 0 Å². The van der Waals surface area contributed by atoms with Gasteiger partial charge in [-0.3, -0.25) is 0 Å². The molecule has 0 radical (unpaired) electrons. The number of fused-ring (bicyclic) bond motifs is 4. The maximum absolute atomic E-state index is 3.63. The van der Waals surface area contributed by atoms with Gasteiger partial charge in [-0.1, -0.05) is 92.0 Å². The molecule has 1 aliphatic carbocycles. The van der Waals surface area contributed by atoms with Crippen LogP contribution in [0.1, 0.15) is 28.1 Å². The summed E-state index contributed by atoms with van der Waals surface area (Å²) in [5.74, 6) is 0. The van der Waals surface area contributed by atoms with Crippen molar-refractivity contribution in [2.75, 3.05) is 10.2 Å². The molecule has 0 atom stereocenters. The first-order chi connectivity index (χ1) is 17.8. The highest BCUT2D eigenvalue weighted by atomic mass is 32.2. The molecule has 0 aromatic heterocycles. The van der Waals surface area contributed by atoms with E-state index >= 15 is 0 Å². The van der Waals surface area contributed by atoms with E-state index in [4.69, 9.17) is 0 Å². The van der Waals surface area contributed by atoms with Gasteiger partial charge in [-0.15, -0.1) is 0 Å². The van der Waals surface area contributed by atoms with Crippen molar-refractivity contribution in [1.82, 2.24) is 0 Å². The van der Waals surface area contributed by atoms with Crippen LogP contribution in [0.15, 0.2) is 128 Å². The summed E-state index contributed by atoms with van der Waals surface area (Å²) in [7, 11) is 0. The van der Waals surface area contributed by atoms with Crippen LogP contribution in [0.25, 0.3) is 11.1 Å². The zero-order chi connectivity index (χ0) is 24.5. The zero-order valence-electron chi connectivity index (χ0n) is 20.5. The van der Waals surface area contributed by atoms with Crippen LogP contribution in [0.5, 0.6) is 0 Å². The monoisotopic (exact) mass is 506 g/mol. The number of hydrogen-bond acceptors (Lipinski definition) is 4. The van der Waals surface area contributed by atoms with Crippen LogP contribution in [-0.4, -0.2) is 0 Å². The predicted molar refractivity (Wildman–Crippen MR) is 159 cm³/mol. The van der Waals surface area contributed by atoms with E-state index in [1.807, 2.05) is 37.4 Å². The van der Waals surface area contributed by atoms with Crippen LogP contribution in [0.2, 0.25) is 0 Å². The van der Waals surface area contributed by atoms with Gasteiger partial charge in [0.05, 0.1) is 22.8 Å². The second-order valence-corrected chi connectivity index (χ2v) is 10.8. The van der Waals surface area contributed by atoms with Crippen molar-refractivity contribution in [3.8, 4) is 11.1 Å². The lowest BCUT2D eigenvalue weighted by Gasteiger charge is -2.36. The molecule has 3 aliphatic rings. The molecular formula is C32H30N2S2. The minimum absolute atomic E-state index is 0. The smallest absolute Gasteiger partial charge is 0.0601 e. The summed E-state index contributed by atoms with van der Waals surface area (Å²) in [6, 6.07) is 32.9. The van der Waals surface area contributed by atoms with Crippen LogP contribution in [0.3, 0.4) is 0 Å². The highest BCUT2D eigenvalue weighted by Gasteiger charge is 2.28. The summed E-state index contributed by atoms with van der Waals surface area (Å²) in [6.07, 6.45) is 6.98. The van der Waals surface area contributed by atoms with E-state index in [-0.39, 0.29) is 1.43 Å². The number of allylic oxidation sites excluding steroid dienone is 2. The first-order valence-electron chi connectivity index (χ1n) is 12.6. The van der Waals surface area contributed by atoms with Crippen molar-refractivity contribution < 1.29 is 1.43 Å². The SMILES string of the molecule is C1=C2Sc3cc(-c4ccc5c(c4)Nc4ccccc4S5)ccc3N(c3ccccc3)C2=CCC1.CC.[HH]. The number of nitrogens with one attached hydrogen (secondary N) is 1. The summed E-state index contributed by atoms with van der Waals surface area (Å²) in [4.78, 5) is 7.63. The third-order valence-electron chi connectivity index (χ3n) is 6.45. The molecule has 0 unspecified atom stereocenters. The average molecular weight is 507 g/mol. The number of hydrogen-bond donors (Lipinski definition) is 1. The fraction of sp³-hybridized carbons (Fsp3) is 0.125. The molecule has 0 bridgehead atoms. The van der Waals surface area contributed by atoms with Gasteiger partial charge < -0.3 is 10.2 Å². The largest absolute Gasteiger partial charge is 0.354 e. The maximum atomic E-state index is 3.63. The van der Waals surface area contributed by atoms with Crippen LogP contribution in [-0.2, 0) is 0 Å². The zero-order valence-corrected chi connectivity index (χ0v) is 22.1. The van der Waals surface area contributed by atoms with Crippen molar-refractivity contribution in [2.45, 2.75) is 41.4 Å². The van der Waals surface area contributed by atoms with Gasteiger partial charge in [0.2, 0.25) is 0 Å². The van der Waals surface area contributed by atoms with E-state index in [0.717, 1.165) is 12.8 Å². The Kier molecular flexibility index (Phi) is 6.39. The minimum Gasteiger partial charge on any atom is -0.354 e. The highest BCUT2D eigenvalue weighted by molar-refractivity contribution is 8.03. The molecular weight excluding hydrogens is 477 g/mol. The van der Waals surface area contributed by atoms with Crippen molar-refractivity contribution >= 4 is 46.3 Å². The van der Waals surface area contributed by atoms with Crippen LogP contribution < -0.4 is 10.2 Å². The van der Waals surface area contributed by atoms with Crippen LogP contribution in [0, 0.1) is 0 Å². The Morgan fingerprint density at radius 2 is 1.39 bits per heavy atom. The number of anilines is 4. The summed E-state index contributed by atoms with van der Waals surface area (Å²) in [5.41, 5.74) is 8.63. The molecule has 0 saturated heterocycles. The standard InChI is InChI=1S/C30H22N2S2.C2H6.H2/c1-2-8-22(9-3-1)32-25-11-5-7-13-29(25)34-30-19-21(14-16-26(30)32)20-15-17-28-24(18-20)31-23-10-4-6-12-27(23)33-28;1-2;/h1-4,6,8-19,31H,5,7H2;1-2H3;1H. The molecule has 1 N–H and O–H groups in total. The van der Waals surface area contributed by atoms with Gasteiger partial charge in [0, 0.05) is 26.7 Å². The summed E-state index contributed by atoms with van der Waals surface area (Å²) in [5, 5.41) is 3.63. The molecule has 0 fully saturated rings. The third-order valence-corrected chi connectivity index (χ3v) is 8.75. The molecule has 2 heterocycles.